The van der Waals surface area contributed by atoms with Crippen molar-refractivity contribution in [2.45, 2.75) is 38.4 Å². The lowest BCUT2D eigenvalue weighted by Crippen LogP contribution is -2.54. The molecule has 3 nitrogen and oxygen atoms in total. The predicted molar refractivity (Wildman–Crippen MR) is 100 cm³/mol. The van der Waals surface area contributed by atoms with Crippen molar-refractivity contribution in [3.05, 3.63) is 59.4 Å². The molecule has 2 aromatic carbocycles. The van der Waals surface area contributed by atoms with Crippen LogP contribution in [0, 0.1) is 17.5 Å². The average molecular weight is 428 g/mol. The summed E-state index contributed by atoms with van der Waals surface area (Å²) in [5, 5.41) is 2.09. The summed E-state index contributed by atoms with van der Waals surface area (Å²) in [6, 6.07) is 6.97. The zero-order valence-corrected chi connectivity index (χ0v) is 16.1. The number of H-pyrrole nitrogens is 1. The van der Waals surface area contributed by atoms with Crippen molar-refractivity contribution in [1.82, 2.24) is 10.3 Å². The Morgan fingerprint density at radius 3 is 2.23 bits per heavy atom. The van der Waals surface area contributed by atoms with Crippen LogP contribution < -0.4 is 5.32 Å². The van der Waals surface area contributed by atoms with E-state index in [-0.39, 0.29) is 23.7 Å². The number of hydrogen-bond acceptors (Lipinski definition) is 1. The lowest BCUT2D eigenvalue weighted by molar-refractivity contribution is -0.188. The second-order valence-corrected chi connectivity index (χ2v) is 7.47. The molecule has 2 N–H and O–H groups in total. The van der Waals surface area contributed by atoms with E-state index in [4.69, 9.17) is 0 Å². The van der Waals surface area contributed by atoms with Gasteiger partial charge in [-0.1, -0.05) is 0 Å². The number of carbonyl (C=O) groups excluding carboxylic acids is 1. The third kappa shape index (κ3) is 4.29. The first-order valence-electron chi connectivity index (χ1n) is 9.02. The Morgan fingerprint density at radius 2 is 1.63 bits per heavy atom. The van der Waals surface area contributed by atoms with Crippen molar-refractivity contribution in [2.75, 3.05) is 0 Å². The number of aromatic amines is 1. The smallest absolute Gasteiger partial charge is 0.352 e. The molecule has 3 rings (SSSR count). The molecule has 9 heteroatoms. The van der Waals surface area contributed by atoms with Crippen LogP contribution in [0.25, 0.3) is 22.2 Å². The van der Waals surface area contributed by atoms with Crippen LogP contribution in [0.1, 0.15) is 25.8 Å². The van der Waals surface area contributed by atoms with Gasteiger partial charge in [0.15, 0.2) is 0 Å². The zero-order chi connectivity index (χ0) is 22.3. The second-order valence-electron chi connectivity index (χ2n) is 7.47. The molecule has 0 aliphatic heterocycles. The van der Waals surface area contributed by atoms with Gasteiger partial charge in [0, 0.05) is 23.6 Å². The van der Waals surface area contributed by atoms with Crippen molar-refractivity contribution in [3.63, 3.8) is 0 Å². The molecule has 0 aliphatic carbocycles. The number of halogens is 6. The molecule has 0 spiro atoms. The summed E-state index contributed by atoms with van der Waals surface area (Å²) < 4.78 is 80.3. The molecule has 0 atom stereocenters. The topological polar surface area (TPSA) is 44.9 Å². The Balaban J connectivity index is 1.96. The number of carbonyl (C=O) groups is 1. The van der Waals surface area contributed by atoms with Gasteiger partial charge in [0.05, 0.1) is 5.52 Å². The first kappa shape index (κ1) is 21.7. The number of aromatic nitrogens is 1. The fraction of sp³-hybridized carbons (Fsp3) is 0.286. The van der Waals surface area contributed by atoms with Gasteiger partial charge in [-0.05, 0) is 61.7 Å². The zero-order valence-electron chi connectivity index (χ0n) is 16.1. The fourth-order valence-corrected chi connectivity index (χ4v) is 3.12. The third-order valence-corrected chi connectivity index (χ3v) is 4.83. The Bertz CT molecular complexity index is 1080. The highest BCUT2D eigenvalue weighted by Gasteiger charge is 2.48. The molecular formula is C21H18F6N2O. The number of benzene rings is 2. The molecular weight excluding hydrogens is 410 g/mol. The van der Waals surface area contributed by atoms with Crippen molar-refractivity contribution in [1.29, 1.82) is 0 Å². The number of alkyl halides is 3. The van der Waals surface area contributed by atoms with Crippen LogP contribution in [0.15, 0.2) is 36.4 Å². The minimum atomic E-state index is -4.64. The third-order valence-electron chi connectivity index (χ3n) is 4.83. The van der Waals surface area contributed by atoms with Crippen LogP contribution in [-0.2, 0) is 11.2 Å². The number of rotatable bonds is 5. The maximum absolute atomic E-state index is 14.2. The first-order chi connectivity index (χ1) is 13.9. The largest absolute Gasteiger partial charge is 0.410 e. The second kappa shape index (κ2) is 7.70. The van der Waals surface area contributed by atoms with Crippen LogP contribution in [0.5, 0.6) is 0 Å². The van der Waals surface area contributed by atoms with Gasteiger partial charge in [0.2, 0.25) is 5.91 Å². The Hall–Kier alpha value is -2.97. The standard InChI is InChI=1S/C21H18F6N2O/c1-20(2,21(25,26)27)29-17(30)8-7-14-15-9-13(23)10-16(24)19(15)28-18(14)11-3-5-12(22)6-4-11/h3-6,9-10,28H,7-8H2,1-2H3,(H,29,30). The summed E-state index contributed by atoms with van der Waals surface area (Å²) in [5.41, 5.74) is -1.31. The van der Waals surface area contributed by atoms with Gasteiger partial charge < -0.3 is 10.3 Å². The van der Waals surface area contributed by atoms with Crippen LogP contribution >= 0.6 is 0 Å². The molecule has 3 aromatic rings. The van der Waals surface area contributed by atoms with E-state index in [0.717, 1.165) is 19.9 Å². The first-order valence-corrected chi connectivity index (χ1v) is 9.02. The maximum Gasteiger partial charge on any atom is 0.410 e. The molecule has 0 saturated heterocycles. The molecule has 1 heterocycles. The van der Waals surface area contributed by atoms with E-state index < -0.39 is 35.1 Å². The predicted octanol–water partition coefficient (Wildman–Crippen LogP) is 5.64. The Labute approximate surface area is 168 Å². The maximum atomic E-state index is 14.2. The molecule has 0 aliphatic rings. The summed E-state index contributed by atoms with van der Waals surface area (Å²) >= 11 is 0. The van der Waals surface area contributed by atoms with Gasteiger partial charge in [-0.15, -0.1) is 0 Å². The normalized spacial score (nSPS) is 12.4. The lowest BCUT2D eigenvalue weighted by atomic mass is 9.99. The van der Waals surface area contributed by atoms with E-state index in [1.807, 2.05) is 5.32 Å². The monoisotopic (exact) mass is 428 g/mol. The minimum absolute atomic E-state index is 0.0123. The summed E-state index contributed by atoms with van der Waals surface area (Å²) in [5.74, 6) is -3.06. The summed E-state index contributed by atoms with van der Waals surface area (Å²) in [6.07, 6.45) is -5.08. The van der Waals surface area contributed by atoms with E-state index in [2.05, 4.69) is 4.98 Å². The highest BCUT2D eigenvalue weighted by atomic mass is 19.4. The molecule has 0 fully saturated rings. The van der Waals surface area contributed by atoms with Gasteiger partial charge in [0.1, 0.15) is 23.0 Å². The summed E-state index contributed by atoms with van der Waals surface area (Å²) in [7, 11) is 0. The molecule has 1 aromatic heterocycles. The van der Waals surface area contributed by atoms with Crippen molar-refractivity contribution in [2.24, 2.45) is 0 Å². The molecule has 0 saturated carbocycles. The number of amides is 1. The minimum Gasteiger partial charge on any atom is -0.352 e. The quantitative estimate of drug-likeness (QED) is 0.508. The molecule has 0 bridgehead atoms. The number of aryl methyl sites for hydroxylation is 1. The van der Waals surface area contributed by atoms with E-state index in [1.165, 1.54) is 24.3 Å². The fourth-order valence-electron chi connectivity index (χ4n) is 3.12. The van der Waals surface area contributed by atoms with Gasteiger partial charge in [-0.2, -0.15) is 13.2 Å². The van der Waals surface area contributed by atoms with E-state index in [1.54, 1.807) is 0 Å². The number of fused-ring (bicyclic) bond motifs is 1. The van der Waals surface area contributed by atoms with Crippen molar-refractivity contribution >= 4 is 16.8 Å². The van der Waals surface area contributed by atoms with E-state index >= 15 is 0 Å². The SMILES string of the molecule is CC(C)(NC(=O)CCc1c(-c2ccc(F)cc2)[nH]c2c(F)cc(F)cc12)C(F)(F)F. The van der Waals surface area contributed by atoms with Gasteiger partial charge in [-0.3, -0.25) is 4.79 Å². The van der Waals surface area contributed by atoms with E-state index in [0.29, 0.717) is 22.9 Å². The summed E-state index contributed by atoms with van der Waals surface area (Å²) in [6.45, 7) is 1.68. The highest BCUT2D eigenvalue weighted by Crippen LogP contribution is 2.34. The van der Waals surface area contributed by atoms with Crippen LogP contribution in [-0.4, -0.2) is 22.6 Å². The molecule has 1 amide bonds. The van der Waals surface area contributed by atoms with Gasteiger partial charge in [0.25, 0.3) is 0 Å². The van der Waals surface area contributed by atoms with E-state index in [9.17, 15) is 31.1 Å². The summed E-state index contributed by atoms with van der Waals surface area (Å²) in [4.78, 5) is 15.0. The molecule has 0 radical (unpaired) electrons. The van der Waals surface area contributed by atoms with Crippen LogP contribution in [0.2, 0.25) is 0 Å². The Morgan fingerprint density at radius 1 is 1.00 bits per heavy atom. The lowest BCUT2D eigenvalue weighted by Gasteiger charge is -2.28. The van der Waals surface area contributed by atoms with Crippen molar-refractivity contribution in [3.8, 4) is 11.3 Å². The Kier molecular flexibility index (Phi) is 5.58. The number of nitrogens with one attached hydrogen (secondary N) is 2. The van der Waals surface area contributed by atoms with Crippen LogP contribution in [0.3, 0.4) is 0 Å². The molecule has 30 heavy (non-hydrogen) atoms. The van der Waals surface area contributed by atoms with Crippen LogP contribution in [0.4, 0.5) is 26.3 Å². The van der Waals surface area contributed by atoms with Gasteiger partial charge >= 0.3 is 6.18 Å². The van der Waals surface area contributed by atoms with Gasteiger partial charge in [-0.25, -0.2) is 13.2 Å². The van der Waals surface area contributed by atoms with Crippen molar-refractivity contribution < 1.29 is 31.1 Å². The molecule has 160 valence electrons. The number of hydrogen-bond donors (Lipinski definition) is 2. The highest BCUT2D eigenvalue weighted by molar-refractivity contribution is 5.92. The average Bonchev–Trinajstić information content (AvgIpc) is 2.98. The molecule has 0 unspecified atom stereocenters.